The highest BCUT2D eigenvalue weighted by molar-refractivity contribution is 5.22. The second-order valence-electron chi connectivity index (χ2n) is 6.85. The number of hydrogen-bond donors (Lipinski definition) is 1. The first-order valence-corrected chi connectivity index (χ1v) is 8.04. The van der Waals surface area contributed by atoms with E-state index in [1.807, 2.05) is 0 Å². The quantitative estimate of drug-likeness (QED) is 0.905. The van der Waals surface area contributed by atoms with Crippen molar-refractivity contribution in [2.45, 2.75) is 57.7 Å². The fourth-order valence-electron chi connectivity index (χ4n) is 3.46. The topological polar surface area (TPSA) is 38.5 Å². The Morgan fingerprint density at radius 2 is 2.14 bits per heavy atom. The molecule has 118 valence electrons. The van der Waals surface area contributed by atoms with Crippen LogP contribution in [0, 0.1) is 6.92 Å². The maximum Gasteiger partial charge on any atom is 0.0670 e. The lowest BCUT2D eigenvalue weighted by Crippen LogP contribution is -2.59. The minimum atomic E-state index is -0.0432. The number of aryl methyl sites for hydroxylation is 1. The summed E-state index contributed by atoms with van der Waals surface area (Å²) >= 11 is 0. The average Bonchev–Trinajstić information content (AvgIpc) is 2.47. The molecule has 3 nitrogen and oxygen atoms in total. The van der Waals surface area contributed by atoms with Crippen LogP contribution in [0.2, 0.25) is 0 Å². The number of likely N-dealkylation sites (N-methyl/N-ethyl adjacent to an activating group) is 1. The molecule has 0 radical (unpaired) electrons. The van der Waals surface area contributed by atoms with Crippen molar-refractivity contribution in [2.75, 3.05) is 20.2 Å². The van der Waals surface area contributed by atoms with E-state index in [9.17, 15) is 0 Å². The molecule has 2 rings (SSSR count). The first-order valence-electron chi connectivity index (χ1n) is 8.04. The van der Waals surface area contributed by atoms with Gasteiger partial charge in [-0.15, -0.1) is 0 Å². The molecule has 0 spiro atoms. The molecule has 0 bridgehead atoms. The molecule has 2 atom stereocenters. The molecule has 0 saturated carbocycles. The van der Waals surface area contributed by atoms with Crippen LogP contribution in [0.4, 0.5) is 0 Å². The van der Waals surface area contributed by atoms with E-state index < -0.39 is 0 Å². The van der Waals surface area contributed by atoms with Crippen molar-refractivity contribution in [1.82, 2.24) is 4.90 Å². The summed E-state index contributed by atoms with van der Waals surface area (Å²) in [5.74, 6) is 0. The lowest BCUT2D eigenvalue weighted by atomic mass is 9.78. The van der Waals surface area contributed by atoms with Crippen LogP contribution < -0.4 is 5.73 Å². The van der Waals surface area contributed by atoms with Crippen LogP contribution >= 0.6 is 0 Å². The average molecular weight is 290 g/mol. The van der Waals surface area contributed by atoms with E-state index in [0.717, 1.165) is 32.4 Å². The molecule has 2 N–H and O–H groups in total. The van der Waals surface area contributed by atoms with Gasteiger partial charge in [0.05, 0.1) is 5.60 Å². The van der Waals surface area contributed by atoms with Crippen LogP contribution in [0.1, 0.15) is 44.2 Å². The van der Waals surface area contributed by atoms with Gasteiger partial charge in [-0.2, -0.15) is 0 Å². The molecule has 1 aromatic rings. The van der Waals surface area contributed by atoms with Gasteiger partial charge < -0.3 is 10.5 Å². The first kappa shape index (κ1) is 16.5. The van der Waals surface area contributed by atoms with E-state index >= 15 is 0 Å². The Bertz CT molecular complexity index is 476. The summed E-state index contributed by atoms with van der Waals surface area (Å²) in [5.41, 5.74) is 8.88. The summed E-state index contributed by atoms with van der Waals surface area (Å²) in [7, 11) is 2.20. The van der Waals surface area contributed by atoms with Gasteiger partial charge in [0, 0.05) is 25.2 Å². The standard InChI is InChI=1S/C18H30N2O/c1-5-17(3)13-18(14-19,9-10-21-17)20(4)12-16-8-6-7-15(2)11-16/h6-8,11H,5,9-10,12-14,19H2,1-4H3. The maximum atomic E-state index is 6.20. The molecule has 21 heavy (non-hydrogen) atoms. The molecule has 1 aromatic carbocycles. The van der Waals surface area contributed by atoms with Gasteiger partial charge in [-0.1, -0.05) is 36.8 Å². The zero-order valence-electron chi connectivity index (χ0n) is 14.0. The summed E-state index contributed by atoms with van der Waals surface area (Å²) in [6, 6.07) is 8.74. The van der Waals surface area contributed by atoms with Gasteiger partial charge in [0.1, 0.15) is 0 Å². The zero-order chi connectivity index (χ0) is 15.5. The minimum Gasteiger partial charge on any atom is -0.375 e. The van der Waals surface area contributed by atoms with E-state index in [2.05, 4.69) is 57.0 Å². The number of hydrogen-bond acceptors (Lipinski definition) is 3. The van der Waals surface area contributed by atoms with Crippen molar-refractivity contribution in [3.63, 3.8) is 0 Å². The highest BCUT2D eigenvalue weighted by atomic mass is 16.5. The SMILES string of the molecule is CCC1(C)CC(CN)(N(C)Cc2cccc(C)c2)CCO1. The summed E-state index contributed by atoms with van der Waals surface area (Å²) in [6.45, 7) is 9.00. The number of nitrogens with two attached hydrogens (primary N) is 1. The molecule has 2 unspecified atom stereocenters. The minimum absolute atomic E-state index is 0.0432. The van der Waals surface area contributed by atoms with Crippen molar-refractivity contribution in [3.05, 3.63) is 35.4 Å². The Morgan fingerprint density at radius 3 is 2.76 bits per heavy atom. The molecule has 1 aliphatic heterocycles. The Kier molecular flexibility index (Phi) is 5.07. The molecule has 3 heteroatoms. The summed E-state index contributed by atoms with van der Waals surface area (Å²) in [4.78, 5) is 2.44. The number of ether oxygens (including phenoxy) is 1. The highest BCUT2D eigenvalue weighted by Gasteiger charge is 2.44. The van der Waals surface area contributed by atoms with Crippen molar-refractivity contribution < 1.29 is 4.74 Å². The molecule has 1 saturated heterocycles. The van der Waals surface area contributed by atoms with Crippen LogP contribution in [0.5, 0.6) is 0 Å². The number of rotatable bonds is 5. The molecular formula is C18H30N2O. The third kappa shape index (κ3) is 3.65. The van der Waals surface area contributed by atoms with Crippen LogP contribution in [0.25, 0.3) is 0 Å². The van der Waals surface area contributed by atoms with Crippen molar-refractivity contribution in [1.29, 1.82) is 0 Å². The Hall–Kier alpha value is -0.900. The molecule has 1 fully saturated rings. The van der Waals surface area contributed by atoms with E-state index in [1.165, 1.54) is 11.1 Å². The highest BCUT2D eigenvalue weighted by Crippen LogP contribution is 2.37. The van der Waals surface area contributed by atoms with Gasteiger partial charge >= 0.3 is 0 Å². The van der Waals surface area contributed by atoms with Crippen molar-refractivity contribution in [2.24, 2.45) is 5.73 Å². The van der Waals surface area contributed by atoms with Crippen molar-refractivity contribution >= 4 is 0 Å². The van der Waals surface area contributed by atoms with E-state index in [4.69, 9.17) is 10.5 Å². The lowest BCUT2D eigenvalue weighted by Gasteiger charge is -2.50. The van der Waals surface area contributed by atoms with Gasteiger partial charge in [0.2, 0.25) is 0 Å². The lowest BCUT2D eigenvalue weighted by molar-refractivity contribution is -0.126. The van der Waals surface area contributed by atoms with Crippen LogP contribution in [0.3, 0.4) is 0 Å². The number of nitrogens with zero attached hydrogens (tertiary/aromatic N) is 1. The van der Waals surface area contributed by atoms with E-state index in [-0.39, 0.29) is 11.1 Å². The van der Waals surface area contributed by atoms with E-state index in [1.54, 1.807) is 0 Å². The normalized spacial score (nSPS) is 29.8. The van der Waals surface area contributed by atoms with E-state index in [0.29, 0.717) is 6.54 Å². The Labute approximate surface area is 129 Å². The molecule has 0 aliphatic carbocycles. The second-order valence-corrected chi connectivity index (χ2v) is 6.85. The van der Waals surface area contributed by atoms with Gasteiger partial charge in [-0.05, 0) is 45.7 Å². The van der Waals surface area contributed by atoms with Crippen LogP contribution in [-0.4, -0.2) is 36.2 Å². The Balaban J connectivity index is 2.15. The van der Waals surface area contributed by atoms with Crippen molar-refractivity contribution in [3.8, 4) is 0 Å². The van der Waals surface area contributed by atoms with Gasteiger partial charge in [-0.25, -0.2) is 0 Å². The molecule has 0 amide bonds. The first-order chi connectivity index (χ1) is 9.93. The van der Waals surface area contributed by atoms with Crippen LogP contribution in [0.15, 0.2) is 24.3 Å². The summed E-state index contributed by atoms with van der Waals surface area (Å²) in [6.07, 6.45) is 3.06. The largest absolute Gasteiger partial charge is 0.375 e. The van der Waals surface area contributed by atoms with Gasteiger partial charge in [0.15, 0.2) is 0 Å². The molecule has 0 aromatic heterocycles. The summed E-state index contributed by atoms with van der Waals surface area (Å²) in [5, 5.41) is 0. The third-order valence-electron chi connectivity index (χ3n) is 5.16. The zero-order valence-corrected chi connectivity index (χ0v) is 14.0. The second kappa shape index (κ2) is 6.47. The predicted molar refractivity (Wildman–Crippen MR) is 88.3 cm³/mol. The molecular weight excluding hydrogens is 260 g/mol. The smallest absolute Gasteiger partial charge is 0.0670 e. The van der Waals surface area contributed by atoms with Crippen LogP contribution in [-0.2, 0) is 11.3 Å². The summed E-state index contributed by atoms with van der Waals surface area (Å²) < 4.78 is 6.01. The van der Waals surface area contributed by atoms with Gasteiger partial charge in [-0.3, -0.25) is 4.90 Å². The monoisotopic (exact) mass is 290 g/mol. The maximum absolute atomic E-state index is 6.20. The molecule has 1 aliphatic rings. The fraction of sp³-hybridized carbons (Fsp3) is 0.667. The third-order valence-corrected chi connectivity index (χ3v) is 5.16. The predicted octanol–water partition coefficient (Wildman–Crippen LogP) is 3.10. The fourth-order valence-corrected chi connectivity index (χ4v) is 3.46. The van der Waals surface area contributed by atoms with Gasteiger partial charge in [0.25, 0.3) is 0 Å². The number of benzene rings is 1. The Morgan fingerprint density at radius 1 is 1.38 bits per heavy atom. The molecule has 1 heterocycles.